The fourth-order valence-corrected chi connectivity index (χ4v) is 3.87. The number of para-hydroxylation sites is 1. The van der Waals surface area contributed by atoms with Crippen molar-refractivity contribution in [3.63, 3.8) is 0 Å². The number of ether oxygens (including phenoxy) is 1. The molecule has 1 aromatic carbocycles. The molecule has 0 spiro atoms. The van der Waals surface area contributed by atoms with E-state index in [1.165, 1.54) is 0 Å². The molecular weight excluding hydrogens is 328 g/mol. The highest BCUT2D eigenvalue weighted by atomic mass is 32.2. The zero-order chi connectivity index (χ0) is 16.7. The first kappa shape index (κ1) is 15.2. The van der Waals surface area contributed by atoms with Gasteiger partial charge in [-0.05, 0) is 19.1 Å². The molecule has 0 bridgehead atoms. The van der Waals surface area contributed by atoms with Gasteiger partial charge in [-0.3, -0.25) is 0 Å². The molecule has 1 saturated heterocycles. The Balaban J connectivity index is 1.50. The molecule has 0 amide bonds. The number of amidine groups is 2. The monoisotopic (exact) mass is 346 g/mol. The topological polar surface area (TPSA) is 74.6 Å². The van der Waals surface area contributed by atoms with Crippen LogP contribution in [0.3, 0.4) is 0 Å². The van der Waals surface area contributed by atoms with Crippen LogP contribution in [0.25, 0.3) is 0 Å². The van der Waals surface area contributed by atoms with Crippen LogP contribution >= 0.6 is 0 Å². The third-order valence-corrected chi connectivity index (χ3v) is 5.26. The predicted octanol–water partition coefficient (Wildman–Crippen LogP) is 1.07. The van der Waals surface area contributed by atoms with E-state index in [9.17, 15) is 8.42 Å². The molecule has 0 saturated carbocycles. The molecule has 1 aromatic rings. The number of likely N-dealkylation sites (tertiary alicyclic amines) is 1. The lowest BCUT2D eigenvalue weighted by Crippen LogP contribution is -2.60. The van der Waals surface area contributed by atoms with E-state index in [0.29, 0.717) is 31.3 Å². The van der Waals surface area contributed by atoms with Gasteiger partial charge in [0.15, 0.2) is 11.7 Å². The Hall–Kier alpha value is -2.35. The lowest BCUT2D eigenvalue weighted by Gasteiger charge is -2.43. The lowest BCUT2D eigenvalue weighted by atomic mass is 10.1. The second kappa shape index (κ2) is 5.62. The SMILES string of the molecule is CC1=CN2CCS(=O)(=O)N=C2C(N2CC(Oc3ccccc3)C2)=N1. The van der Waals surface area contributed by atoms with Crippen molar-refractivity contribution in [2.24, 2.45) is 9.39 Å². The summed E-state index contributed by atoms with van der Waals surface area (Å²) in [6, 6.07) is 9.66. The molecular formula is C16H18N4O3S. The van der Waals surface area contributed by atoms with Crippen molar-refractivity contribution < 1.29 is 13.2 Å². The number of sulfonamides is 1. The van der Waals surface area contributed by atoms with Crippen molar-refractivity contribution in [1.82, 2.24) is 9.80 Å². The van der Waals surface area contributed by atoms with E-state index in [2.05, 4.69) is 9.39 Å². The van der Waals surface area contributed by atoms with Crippen molar-refractivity contribution in [2.75, 3.05) is 25.4 Å². The zero-order valence-corrected chi connectivity index (χ0v) is 14.1. The molecule has 3 aliphatic heterocycles. The average molecular weight is 346 g/mol. The Kier molecular flexibility index (Phi) is 3.56. The van der Waals surface area contributed by atoms with Crippen LogP contribution in [0.4, 0.5) is 0 Å². The van der Waals surface area contributed by atoms with Crippen LogP contribution in [0, 0.1) is 0 Å². The Morgan fingerprint density at radius 2 is 1.92 bits per heavy atom. The molecule has 24 heavy (non-hydrogen) atoms. The van der Waals surface area contributed by atoms with Gasteiger partial charge in [-0.2, -0.15) is 0 Å². The average Bonchev–Trinajstić information content (AvgIpc) is 2.51. The molecule has 0 aliphatic carbocycles. The summed E-state index contributed by atoms with van der Waals surface area (Å²) in [4.78, 5) is 8.38. The van der Waals surface area contributed by atoms with Crippen molar-refractivity contribution in [3.8, 4) is 5.75 Å². The van der Waals surface area contributed by atoms with Gasteiger partial charge in [-0.1, -0.05) is 18.2 Å². The van der Waals surface area contributed by atoms with E-state index < -0.39 is 10.0 Å². The number of benzene rings is 1. The van der Waals surface area contributed by atoms with E-state index in [-0.39, 0.29) is 11.9 Å². The highest BCUT2D eigenvalue weighted by molar-refractivity contribution is 7.90. The van der Waals surface area contributed by atoms with E-state index >= 15 is 0 Å². The normalized spacial score (nSPS) is 22.8. The van der Waals surface area contributed by atoms with Gasteiger partial charge in [0, 0.05) is 12.7 Å². The van der Waals surface area contributed by atoms with Crippen LogP contribution in [-0.4, -0.2) is 61.4 Å². The maximum Gasteiger partial charge on any atom is 0.256 e. The van der Waals surface area contributed by atoms with Crippen molar-refractivity contribution in [1.29, 1.82) is 0 Å². The van der Waals surface area contributed by atoms with Crippen LogP contribution in [0.2, 0.25) is 0 Å². The summed E-state index contributed by atoms with van der Waals surface area (Å²) in [5, 5.41) is 0. The van der Waals surface area contributed by atoms with Gasteiger partial charge in [-0.25, -0.2) is 13.4 Å². The minimum Gasteiger partial charge on any atom is -0.487 e. The Bertz CT molecular complexity index is 839. The molecule has 3 aliphatic rings. The van der Waals surface area contributed by atoms with Gasteiger partial charge in [-0.15, -0.1) is 4.40 Å². The minimum absolute atomic E-state index is 0.0350. The van der Waals surface area contributed by atoms with E-state index in [1.807, 2.05) is 53.3 Å². The van der Waals surface area contributed by atoms with E-state index in [4.69, 9.17) is 4.74 Å². The molecule has 0 radical (unpaired) electrons. The molecule has 0 aromatic heterocycles. The van der Waals surface area contributed by atoms with Crippen LogP contribution in [0.1, 0.15) is 6.92 Å². The third kappa shape index (κ3) is 2.89. The number of allylic oxidation sites excluding steroid dienone is 1. The van der Waals surface area contributed by atoms with Crippen LogP contribution in [0.5, 0.6) is 5.75 Å². The summed E-state index contributed by atoms with van der Waals surface area (Å²) in [5.74, 6) is 1.91. The first-order chi connectivity index (χ1) is 11.5. The number of aliphatic imine (C=N–C) groups is 1. The molecule has 0 N–H and O–H groups in total. The summed E-state index contributed by atoms with van der Waals surface area (Å²) in [6.07, 6.45) is 1.91. The lowest BCUT2D eigenvalue weighted by molar-refractivity contribution is 0.0686. The quantitative estimate of drug-likeness (QED) is 0.801. The molecule has 8 heteroatoms. The maximum atomic E-state index is 11.8. The second-order valence-electron chi connectivity index (χ2n) is 6.06. The fourth-order valence-electron chi connectivity index (χ4n) is 2.91. The van der Waals surface area contributed by atoms with Gasteiger partial charge in [0.1, 0.15) is 11.9 Å². The summed E-state index contributed by atoms with van der Waals surface area (Å²) in [7, 11) is -3.40. The van der Waals surface area contributed by atoms with Gasteiger partial charge in [0.2, 0.25) is 0 Å². The van der Waals surface area contributed by atoms with Crippen LogP contribution < -0.4 is 4.74 Å². The molecule has 126 valence electrons. The van der Waals surface area contributed by atoms with E-state index in [1.54, 1.807) is 0 Å². The number of hydrogen-bond donors (Lipinski definition) is 0. The summed E-state index contributed by atoms with van der Waals surface area (Å²) >= 11 is 0. The standard InChI is InChI=1S/C16H18N4O3S/c1-12-9-19-7-8-24(21,22)18-16(19)15(17-12)20-10-14(11-20)23-13-5-3-2-4-6-13/h2-6,9,14H,7-8,10-11H2,1H3. The first-order valence-corrected chi connectivity index (χ1v) is 9.44. The van der Waals surface area contributed by atoms with Crippen molar-refractivity contribution in [2.45, 2.75) is 13.0 Å². The first-order valence-electron chi connectivity index (χ1n) is 7.84. The van der Waals surface area contributed by atoms with E-state index in [0.717, 1.165) is 11.4 Å². The number of fused-ring (bicyclic) bond motifs is 1. The third-order valence-electron chi connectivity index (χ3n) is 4.11. The second-order valence-corrected chi connectivity index (χ2v) is 7.81. The molecule has 0 unspecified atom stereocenters. The van der Waals surface area contributed by atoms with Gasteiger partial charge in [0.05, 0.1) is 24.5 Å². The smallest absolute Gasteiger partial charge is 0.256 e. The highest BCUT2D eigenvalue weighted by Crippen LogP contribution is 2.23. The summed E-state index contributed by atoms with van der Waals surface area (Å²) < 4.78 is 33.5. The largest absolute Gasteiger partial charge is 0.487 e. The molecule has 0 atom stereocenters. The number of nitrogens with zero attached hydrogens (tertiary/aromatic N) is 4. The minimum atomic E-state index is -3.40. The summed E-state index contributed by atoms with van der Waals surface area (Å²) in [6.45, 7) is 3.63. The Labute approximate surface area is 141 Å². The number of rotatable bonds is 2. The molecule has 1 fully saturated rings. The van der Waals surface area contributed by atoms with Gasteiger partial charge < -0.3 is 14.5 Å². The maximum absolute atomic E-state index is 11.8. The molecule has 7 nitrogen and oxygen atoms in total. The molecule has 4 rings (SSSR count). The van der Waals surface area contributed by atoms with Crippen molar-refractivity contribution in [3.05, 3.63) is 42.2 Å². The zero-order valence-electron chi connectivity index (χ0n) is 13.3. The molecule has 3 heterocycles. The highest BCUT2D eigenvalue weighted by Gasteiger charge is 2.38. The van der Waals surface area contributed by atoms with Crippen LogP contribution in [-0.2, 0) is 10.0 Å². The fraction of sp³-hybridized carbons (Fsp3) is 0.375. The Morgan fingerprint density at radius 1 is 1.17 bits per heavy atom. The van der Waals surface area contributed by atoms with Gasteiger partial charge in [0.25, 0.3) is 10.0 Å². The number of hydrogen-bond acceptors (Lipinski definition) is 6. The Morgan fingerprint density at radius 3 is 2.67 bits per heavy atom. The summed E-state index contributed by atoms with van der Waals surface area (Å²) in [5.41, 5.74) is 0.843. The van der Waals surface area contributed by atoms with Gasteiger partial charge >= 0.3 is 0 Å². The van der Waals surface area contributed by atoms with Crippen molar-refractivity contribution >= 4 is 21.7 Å². The predicted molar refractivity (Wildman–Crippen MR) is 91.6 cm³/mol. The van der Waals surface area contributed by atoms with Crippen LogP contribution in [0.15, 0.2) is 51.6 Å².